The molecule has 0 aromatic rings. The van der Waals surface area contributed by atoms with Crippen molar-refractivity contribution in [2.24, 2.45) is 0 Å². The van der Waals surface area contributed by atoms with Gasteiger partial charge in [-0.05, 0) is 0 Å². The summed E-state index contributed by atoms with van der Waals surface area (Å²) in [6, 6.07) is 0. The molecule has 0 rings (SSSR count). The third kappa shape index (κ3) is 30.5. The molecule has 0 aromatic heterocycles. The molecule has 0 aliphatic rings. The Kier molecular flexibility index (Phi) is 42.5. The minimum absolute atomic E-state index is 0. The van der Waals surface area contributed by atoms with Gasteiger partial charge in [-0.1, -0.05) is 0 Å². The van der Waals surface area contributed by atoms with E-state index in [2.05, 4.69) is 4.67 Å². The average Bonchev–Trinajstić information content (AvgIpc) is 1.35. The molecule has 0 saturated heterocycles. The molecule has 0 atom stereocenters. The first kappa shape index (κ1) is 29.2. The Bertz CT molecular complexity index is 77.1. The Morgan fingerprint density at radius 1 is 1.10 bits per heavy atom. The van der Waals surface area contributed by atoms with Gasteiger partial charge in [0, 0.05) is 0 Å². The third-order valence-electron chi connectivity index (χ3n) is 0.106. The summed E-state index contributed by atoms with van der Waals surface area (Å²) in [6.45, 7) is 0. The normalized spacial score (nSPS) is 7.10. The van der Waals surface area contributed by atoms with E-state index in [0.29, 0.717) is 0 Å². The fourth-order valence-electron chi connectivity index (χ4n) is 0. The molecule has 10 heavy (non-hydrogen) atoms. The van der Waals surface area contributed by atoms with Crippen LogP contribution in [0, 0.1) is 0 Å². The number of rotatable bonds is 1. The van der Waals surface area contributed by atoms with Crippen molar-refractivity contribution in [2.75, 3.05) is 0 Å². The Hall–Kier alpha value is 3.03. The molecule has 5 N–H and O–H groups in total. The molecule has 0 aliphatic heterocycles. The summed E-state index contributed by atoms with van der Waals surface area (Å²) in [5, 5.41) is 7.14. The number of phosphoric acid groups is 1. The van der Waals surface area contributed by atoms with E-state index >= 15 is 0 Å². The first-order chi connectivity index (χ1) is 2.56. The van der Waals surface area contributed by atoms with E-state index in [-0.39, 0.29) is 94.1 Å². The minimum atomic E-state index is -4.59. The first-order valence-electron chi connectivity index (χ1n) is 0.948. The van der Waals surface area contributed by atoms with Crippen LogP contribution in [0.5, 0.6) is 0 Å². The van der Waals surface area contributed by atoms with E-state index in [4.69, 9.17) is 15.0 Å². The zero-order chi connectivity index (χ0) is 5.21. The van der Waals surface area contributed by atoms with Gasteiger partial charge in [-0.3, -0.25) is 0 Å². The first-order valence-corrected chi connectivity index (χ1v) is 2.48. The molecule has 0 fully saturated rings. The second kappa shape index (κ2) is 14.5. The molecular weight excluding hydrogens is 196 g/mol. The van der Waals surface area contributed by atoms with Crippen LogP contribution in [0.3, 0.4) is 0 Å². The van der Waals surface area contributed by atoms with Gasteiger partial charge in [0.1, 0.15) is 0 Å². The van der Waals surface area contributed by atoms with Crippen molar-refractivity contribution in [2.45, 2.75) is 0 Å². The molecule has 0 amide bonds. The van der Waals surface area contributed by atoms with Crippen molar-refractivity contribution < 1.29 is 29.8 Å². The third-order valence-corrected chi connectivity index (χ3v) is 0.319. The molecule has 10 heteroatoms. The van der Waals surface area contributed by atoms with Gasteiger partial charge in [-0.25, -0.2) is 9.82 Å². The van der Waals surface area contributed by atoms with Crippen LogP contribution in [0.25, 0.3) is 0 Å². The van der Waals surface area contributed by atoms with Crippen LogP contribution < -0.4 is 0 Å². The van der Waals surface area contributed by atoms with Gasteiger partial charge < -0.3 is 15.3 Å². The number of hydrogen-bond donors (Lipinski definition) is 3. The molecular formula is H8Na3O6P. The summed E-state index contributed by atoms with van der Waals surface area (Å²) in [5.74, 6) is 0. The zero-order valence-corrected chi connectivity index (χ0v) is 4.00. The predicted octanol–water partition coefficient (Wildman–Crippen LogP) is -3.20. The van der Waals surface area contributed by atoms with Crippen molar-refractivity contribution in [1.82, 2.24) is 0 Å². The van der Waals surface area contributed by atoms with Crippen LogP contribution in [0.15, 0.2) is 0 Å². The SMILES string of the molecule is O.O=P(O)(O)OO.[NaH].[NaH].[NaH]. The van der Waals surface area contributed by atoms with Gasteiger partial charge in [0.15, 0.2) is 0 Å². The monoisotopic (exact) mass is 204 g/mol. The van der Waals surface area contributed by atoms with Crippen LogP contribution in [0.1, 0.15) is 0 Å². The second-order valence-corrected chi connectivity index (χ2v) is 1.72. The fraction of sp³-hybridized carbons (Fsp3) is 0. The van der Waals surface area contributed by atoms with E-state index in [1.54, 1.807) is 0 Å². The maximum absolute atomic E-state index is 9.22. The standard InChI is InChI=1S/3Na.H3O5P.H2O.3H/c;;;1-5-6(2,3)4;;;;/h;;;1H,(H2,2,3,4);1H2;;;. The van der Waals surface area contributed by atoms with E-state index in [0.717, 1.165) is 0 Å². The number of hydrogen-bond acceptors (Lipinski definition) is 3. The van der Waals surface area contributed by atoms with E-state index in [1.807, 2.05) is 0 Å². The van der Waals surface area contributed by atoms with Gasteiger partial charge in [-0.15, -0.1) is 4.67 Å². The van der Waals surface area contributed by atoms with Crippen molar-refractivity contribution >= 4 is 96.5 Å². The van der Waals surface area contributed by atoms with Gasteiger partial charge in [0.05, 0.1) is 0 Å². The van der Waals surface area contributed by atoms with Crippen LogP contribution in [-0.2, 0) is 9.24 Å². The van der Waals surface area contributed by atoms with Crippen molar-refractivity contribution in [3.8, 4) is 0 Å². The molecule has 0 radical (unpaired) electrons. The molecule has 0 unspecified atom stereocenters. The summed E-state index contributed by atoms with van der Waals surface area (Å²) in [7, 11) is -4.59. The molecule has 0 bridgehead atoms. The van der Waals surface area contributed by atoms with Crippen LogP contribution >= 0.6 is 7.82 Å². The molecule has 0 heterocycles. The summed E-state index contributed by atoms with van der Waals surface area (Å²) >= 11 is 0. The summed E-state index contributed by atoms with van der Waals surface area (Å²) in [5.41, 5.74) is 0. The van der Waals surface area contributed by atoms with Crippen LogP contribution in [0.4, 0.5) is 0 Å². The quantitative estimate of drug-likeness (QED) is 0.180. The summed E-state index contributed by atoms with van der Waals surface area (Å²) in [6.07, 6.45) is 0. The van der Waals surface area contributed by atoms with Gasteiger partial charge in [-0.2, -0.15) is 0 Å². The second-order valence-electron chi connectivity index (χ2n) is 0.572. The van der Waals surface area contributed by atoms with Gasteiger partial charge in [0.2, 0.25) is 0 Å². The molecule has 0 saturated carbocycles. The van der Waals surface area contributed by atoms with Gasteiger partial charge in [0.25, 0.3) is 0 Å². The van der Waals surface area contributed by atoms with Crippen molar-refractivity contribution in [3.63, 3.8) is 0 Å². The summed E-state index contributed by atoms with van der Waals surface area (Å²) < 4.78 is 11.8. The zero-order valence-electron chi connectivity index (χ0n) is 3.11. The topological polar surface area (TPSA) is 118 Å². The van der Waals surface area contributed by atoms with Crippen LogP contribution in [0.2, 0.25) is 0 Å². The maximum atomic E-state index is 9.22. The van der Waals surface area contributed by atoms with E-state index in [1.165, 1.54) is 0 Å². The molecule has 0 aliphatic carbocycles. The average molecular weight is 204 g/mol. The van der Waals surface area contributed by atoms with Crippen molar-refractivity contribution in [3.05, 3.63) is 0 Å². The van der Waals surface area contributed by atoms with Crippen molar-refractivity contribution in [1.29, 1.82) is 0 Å². The fourth-order valence-corrected chi connectivity index (χ4v) is 0. The van der Waals surface area contributed by atoms with E-state index in [9.17, 15) is 4.57 Å². The van der Waals surface area contributed by atoms with Crippen LogP contribution in [-0.4, -0.2) is 109 Å². The Morgan fingerprint density at radius 2 is 1.20 bits per heavy atom. The molecule has 6 nitrogen and oxygen atoms in total. The molecule has 0 aromatic carbocycles. The molecule has 52 valence electrons. The van der Waals surface area contributed by atoms with E-state index < -0.39 is 7.82 Å². The Balaban J connectivity index is -0.0000000208. The Labute approximate surface area is 124 Å². The Morgan fingerprint density at radius 3 is 1.20 bits per heavy atom. The van der Waals surface area contributed by atoms with Gasteiger partial charge >= 0.3 is 96.5 Å². The predicted molar refractivity (Wildman–Crippen MR) is 40.8 cm³/mol. The summed E-state index contributed by atoms with van der Waals surface area (Å²) in [4.78, 5) is 14.9. The molecule has 0 spiro atoms.